The Morgan fingerprint density at radius 2 is 1.93 bits per heavy atom. The fraction of sp³-hybridized carbons (Fsp3) is 0.143. The Hall–Kier alpha value is -2.88. The molecule has 0 fully saturated rings. The van der Waals surface area contributed by atoms with Gasteiger partial charge < -0.3 is 4.90 Å². The number of nitrogens with zero attached hydrogens (tertiary/aromatic N) is 3. The summed E-state index contributed by atoms with van der Waals surface area (Å²) in [6.45, 7) is 1.07. The number of thiazole rings is 2. The van der Waals surface area contributed by atoms with Crippen molar-refractivity contribution in [1.82, 2.24) is 14.9 Å². The van der Waals surface area contributed by atoms with Gasteiger partial charge in [-0.2, -0.15) is 11.3 Å². The predicted molar refractivity (Wildman–Crippen MR) is 120 cm³/mol. The number of hydrogen-bond acceptors (Lipinski definition) is 7. The van der Waals surface area contributed by atoms with Crippen LogP contribution in [0.15, 0.2) is 52.5 Å². The summed E-state index contributed by atoms with van der Waals surface area (Å²) in [5.41, 5.74) is 3.06. The Morgan fingerprint density at radius 3 is 2.73 bits per heavy atom. The number of rotatable bonds is 4. The number of carbonyl (C=O) groups is 2. The summed E-state index contributed by atoms with van der Waals surface area (Å²) >= 11 is 4.38. The summed E-state index contributed by atoms with van der Waals surface area (Å²) in [7, 11) is 0. The number of aromatic nitrogens is 2. The average Bonchev–Trinajstić information content (AvgIpc) is 3.53. The van der Waals surface area contributed by atoms with Gasteiger partial charge in [-0.15, -0.1) is 11.3 Å². The second-order valence-corrected chi connectivity index (χ2v) is 9.46. The normalized spacial score (nSPS) is 13.1. The largest absolute Gasteiger partial charge is 0.332 e. The van der Waals surface area contributed by atoms with Crippen LogP contribution in [0.3, 0.4) is 0 Å². The molecule has 0 atom stereocenters. The molecule has 0 saturated carbocycles. The molecule has 1 aliphatic rings. The number of benzene rings is 1. The highest BCUT2D eigenvalue weighted by Crippen LogP contribution is 2.30. The van der Waals surface area contributed by atoms with E-state index < -0.39 is 0 Å². The third kappa shape index (κ3) is 3.79. The van der Waals surface area contributed by atoms with Gasteiger partial charge >= 0.3 is 0 Å². The SMILES string of the molecule is O=C(Nc1nc2c(s1)CN(C(=O)c1csc(-c3ccccc3)n1)CC2)c1ccsc1. The van der Waals surface area contributed by atoms with Gasteiger partial charge in [0.05, 0.1) is 17.8 Å². The summed E-state index contributed by atoms with van der Waals surface area (Å²) in [6.07, 6.45) is 0.668. The lowest BCUT2D eigenvalue weighted by atomic mass is 10.1. The smallest absolute Gasteiger partial charge is 0.273 e. The number of amides is 2. The van der Waals surface area contributed by atoms with Crippen molar-refractivity contribution in [3.05, 3.63) is 74.4 Å². The van der Waals surface area contributed by atoms with Crippen molar-refractivity contribution < 1.29 is 9.59 Å². The molecule has 1 N–H and O–H groups in total. The highest BCUT2D eigenvalue weighted by Gasteiger charge is 2.27. The second-order valence-electron chi connectivity index (χ2n) is 6.74. The highest BCUT2D eigenvalue weighted by molar-refractivity contribution is 7.16. The number of thiophene rings is 1. The van der Waals surface area contributed by atoms with Gasteiger partial charge in [0.15, 0.2) is 5.13 Å². The van der Waals surface area contributed by atoms with E-state index in [0.717, 1.165) is 21.1 Å². The zero-order chi connectivity index (χ0) is 20.5. The third-order valence-corrected chi connectivity index (χ3v) is 7.34. The molecule has 30 heavy (non-hydrogen) atoms. The number of carbonyl (C=O) groups excluding carboxylic acids is 2. The van der Waals surface area contributed by atoms with Crippen LogP contribution in [-0.2, 0) is 13.0 Å². The van der Waals surface area contributed by atoms with Crippen LogP contribution < -0.4 is 5.32 Å². The first-order valence-electron chi connectivity index (χ1n) is 9.30. The Bertz CT molecular complexity index is 1200. The van der Waals surface area contributed by atoms with E-state index in [1.54, 1.807) is 16.3 Å². The summed E-state index contributed by atoms with van der Waals surface area (Å²) in [5, 5.41) is 9.77. The topological polar surface area (TPSA) is 75.2 Å². The Morgan fingerprint density at radius 1 is 1.07 bits per heavy atom. The molecule has 0 saturated heterocycles. The molecule has 150 valence electrons. The zero-order valence-electron chi connectivity index (χ0n) is 15.7. The van der Waals surface area contributed by atoms with Gasteiger partial charge in [0, 0.05) is 34.2 Å². The molecule has 0 bridgehead atoms. The van der Waals surface area contributed by atoms with Crippen molar-refractivity contribution in [2.24, 2.45) is 0 Å². The first kappa shape index (κ1) is 19.1. The number of hydrogen-bond donors (Lipinski definition) is 1. The van der Waals surface area contributed by atoms with Crippen LogP contribution in [0.25, 0.3) is 10.6 Å². The van der Waals surface area contributed by atoms with Crippen LogP contribution in [0.2, 0.25) is 0 Å². The maximum Gasteiger partial charge on any atom is 0.273 e. The average molecular weight is 453 g/mol. The van der Waals surface area contributed by atoms with Crippen LogP contribution in [0.4, 0.5) is 5.13 Å². The summed E-state index contributed by atoms with van der Waals surface area (Å²) < 4.78 is 0. The van der Waals surface area contributed by atoms with E-state index in [-0.39, 0.29) is 11.8 Å². The molecule has 0 radical (unpaired) electrons. The lowest BCUT2D eigenvalue weighted by Gasteiger charge is -2.25. The van der Waals surface area contributed by atoms with Gasteiger partial charge in [0.2, 0.25) is 0 Å². The van der Waals surface area contributed by atoms with E-state index in [1.807, 2.05) is 41.1 Å². The minimum Gasteiger partial charge on any atom is -0.332 e. The highest BCUT2D eigenvalue weighted by atomic mass is 32.1. The third-order valence-electron chi connectivity index (χ3n) is 4.77. The molecule has 0 unspecified atom stereocenters. The van der Waals surface area contributed by atoms with Crippen molar-refractivity contribution in [3.63, 3.8) is 0 Å². The number of anilines is 1. The molecule has 5 rings (SSSR count). The molecule has 1 aromatic carbocycles. The van der Waals surface area contributed by atoms with E-state index in [9.17, 15) is 9.59 Å². The van der Waals surface area contributed by atoms with E-state index in [2.05, 4.69) is 15.3 Å². The van der Waals surface area contributed by atoms with Gasteiger partial charge in [0.25, 0.3) is 11.8 Å². The Balaban J connectivity index is 1.29. The monoisotopic (exact) mass is 452 g/mol. The van der Waals surface area contributed by atoms with Gasteiger partial charge in [-0.05, 0) is 11.4 Å². The van der Waals surface area contributed by atoms with Gasteiger partial charge in [0.1, 0.15) is 10.7 Å². The summed E-state index contributed by atoms with van der Waals surface area (Å²) in [5.74, 6) is -0.234. The fourth-order valence-corrected chi connectivity index (χ4v) is 5.69. The van der Waals surface area contributed by atoms with Crippen molar-refractivity contribution in [3.8, 4) is 10.6 Å². The molecule has 4 aromatic rings. The van der Waals surface area contributed by atoms with Crippen LogP contribution >= 0.6 is 34.0 Å². The Kier molecular flexibility index (Phi) is 5.16. The van der Waals surface area contributed by atoms with Crippen molar-refractivity contribution in [2.45, 2.75) is 13.0 Å². The maximum absolute atomic E-state index is 13.0. The fourth-order valence-electron chi connectivity index (χ4n) is 3.23. The van der Waals surface area contributed by atoms with Crippen LogP contribution in [-0.4, -0.2) is 33.2 Å². The molecule has 9 heteroatoms. The number of nitrogens with one attached hydrogen (secondary N) is 1. The molecule has 0 aliphatic carbocycles. The summed E-state index contributed by atoms with van der Waals surface area (Å²) in [4.78, 5) is 37.1. The van der Waals surface area contributed by atoms with E-state index >= 15 is 0 Å². The Labute approximate surface area is 184 Å². The lowest BCUT2D eigenvalue weighted by molar-refractivity contribution is 0.0731. The minimum absolute atomic E-state index is 0.0728. The molecule has 0 spiro atoms. The van der Waals surface area contributed by atoms with Gasteiger partial charge in [-0.1, -0.05) is 41.7 Å². The molecule has 3 aromatic heterocycles. The maximum atomic E-state index is 13.0. The van der Waals surface area contributed by atoms with Gasteiger partial charge in [-0.3, -0.25) is 14.9 Å². The van der Waals surface area contributed by atoms with E-state index in [1.165, 1.54) is 34.0 Å². The quantitative estimate of drug-likeness (QED) is 0.484. The van der Waals surface area contributed by atoms with Crippen LogP contribution in [0, 0.1) is 0 Å². The van der Waals surface area contributed by atoms with E-state index in [0.29, 0.717) is 35.9 Å². The number of fused-ring (bicyclic) bond motifs is 1. The predicted octanol–water partition coefficient (Wildman–Crippen LogP) is 4.78. The minimum atomic E-state index is -0.161. The van der Waals surface area contributed by atoms with Crippen molar-refractivity contribution in [2.75, 3.05) is 11.9 Å². The standard InChI is InChI=1S/C21H16N4O2S3/c26-18(14-7-9-28-11-14)24-21-23-15-6-8-25(10-17(15)30-21)20(27)16-12-29-19(22-16)13-4-2-1-3-5-13/h1-5,7,9,11-12H,6,8,10H2,(H,23,24,26). The molecular formula is C21H16N4O2S3. The second kappa shape index (κ2) is 8.10. The van der Waals surface area contributed by atoms with Crippen LogP contribution in [0.5, 0.6) is 0 Å². The van der Waals surface area contributed by atoms with Crippen molar-refractivity contribution >= 4 is 51.0 Å². The van der Waals surface area contributed by atoms with Crippen molar-refractivity contribution in [1.29, 1.82) is 0 Å². The summed E-state index contributed by atoms with van der Waals surface area (Å²) in [6, 6.07) is 11.6. The molecule has 6 nitrogen and oxygen atoms in total. The molecule has 2 amide bonds. The lowest BCUT2D eigenvalue weighted by Crippen LogP contribution is -2.35. The van der Waals surface area contributed by atoms with E-state index in [4.69, 9.17) is 0 Å². The van der Waals surface area contributed by atoms with Gasteiger partial charge in [-0.25, -0.2) is 9.97 Å². The molecule has 1 aliphatic heterocycles. The zero-order valence-corrected chi connectivity index (χ0v) is 18.1. The first-order valence-corrected chi connectivity index (χ1v) is 11.9. The van der Waals surface area contributed by atoms with Crippen LogP contribution in [0.1, 0.15) is 31.4 Å². The molecular weight excluding hydrogens is 436 g/mol. The first-order chi connectivity index (χ1) is 14.7. The molecule has 4 heterocycles.